The molecule has 5 aromatic rings. The largest absolute Gasteiger partial charge is 0.378 e. The van der Waals surface area contributed by atoms with Gasteiger partial charge in [-0.05, 0) is 91.1 Å². The number of hydrogen-bond acceptors (Lipinski definition) is 7. The van der Waals surface area contributed by atoms with E-state index in [2.05, 4.69) is 43.4 Å². The lowest BCUT2D eigenvalue weighted by atomic mass is 10.0. The quantitative estimate of drug-likeness (QED) is 0.208. The highest BCUT2D eigenvalue weighted by atomic mass is 127. The number of rotatable bonds is 8. The number of nitrogens with zero attached hydrogens (tertiary/aromatic N) is 5. The van der Waals surface area contributed by atoms with Gasteiger partial charge in [0.1, 0.15) is 0 Å². The zero-order chi connectivity index (χ0) is 31.0. The molecule has 2 aromatic carbocycles. The fourth-order valence-electron chi connectivity index (χ4n) is 5.63. The highest BCUT2D eigenvalue weighted by molar-refractivity contribution is 14.1. The zero-order valence-corrected chi connectivity index (χ0v) is 27.8. The maximum absolute atomic E-state index is 13.9. The van der Waals surface area contributed by atoms with Gasteiger partial charge in [0.05, 0.1) is 36.0 Å². The molecule has 0 saturated carbocycles. The second-order valence-corrected chi connectivity index (χ2v) is 14.4. The zero-order valence-electron chi connectivity index (χ0n) is 24.9. The predicted molar refractivity (Wildman–Crippen MR) is 182 cm³/mol. The molecule has 1 saturated heterocycles. The second-order valence-electron chi connectivity index (χ2n) is 11.3. The van der Waals surface area contributed by atoms with E-state index in [-0.39, 0.29) is 16.5 Å². The molecule has 0 spiro atoms. The summed E-state index contributed by atoms with van der Waals surface area (Å²) in [7, 11) is 0.0160. The maximum Gasteiger partial charge on any atom is 0.269 e. The molecule has 1 unspecified atom stereocenters. The molecule has 0 amide bonds. The predicted octanol–water partition coefficient (Wildman–Crippen LogP) is 5.00. The number of hydrogen-bond donors (Lipinski definition) is 0. The van der Waals surface area contributed by atoms with E-state index in [0.717, 1.165) is 20.4 Å². The summed E-state index contributed by atoms with van der Waals surface area (Å²) in [6.07, 6.45) is 5.11. The average Bonchev–Trinajstić information content (AvgIpc) is 3.40. The van der Waals surface area contributed by atoms with Crippen molar-refractivity contribution in [2.45, 2.75) is 17.9 Å². The van der Waals surface area contributed by atoms with Crippen LogP contribution in [-0.4, -0.2) is 73.8 Å². The summed E-state index contributed by atoms with van der Waals surface area (Å²) >= 11 is 2.29. The number of morpholine rings is 1. The molecule has 0 bridgehead atoms. The lowest BCUT2D eigenvalue weighted by Crippen LogP contribution is -2.36. The van der Waals surface area contributed by atoms with Crippen LogP contribution in [0.15, 0.2) is 95.0 Å². The van der Waals surface area contributed by atoms with Crippen molar-refractivity contribution in [3.05, 3.63) is 110 Å². The van der Waals surface area contributed by atoms with Crippen molar-refractivity contribution in [1.29, 1.82) is 0 Å². The molecule has 44 heavy (non-hydrogen) atoms. The average molecular weight is 724 g/mol. The van der Waals surface area contributed by atoms with Gasteiger partial charge in [-0.15, -0.1) is 0 Å². The van der Waals surface area contributed by atoms with Crippen molar-refractivity contribution >= 4 is 49.3 Å². The number of halogens is 1. The van der Waals surface area contributed by atoms with Gasteiger partial charge in [-0.1, -0.05) is 29.8 Å². The summed E-state index contributed by atoms with van der Waals surface area (Å²) in [5.41, 5.74) is 4.28. The molecular formula is C33H34IN5O4S. The maximum atomic E-state index is 13.9. The Morgan fingerprint density at radius 2 is 1.77 bits per heavy atom. The lowest BCUT2D eigenvalue weighted by Gasteiger charge is -2.28. The van der Waals surface area contributed by atoms with E-state index >= 15 is 0 Å². The first-order valence-electron chi connectivity index (χ1n) is 14.4. The molecule has 1 fully saturated rings. The third kappa shape index (κ3) is 6.06. The van der Waals surface area contributed by atoms with Crippen molar-refractivity contribution in [2.75, 3.05) is 51.8 Å². The van der Waals surface area contributed by atoms with Gasteiger partial charge in [-0.25, -0.2) is 17.4 Å². The fourth-order valence-corrected chi connectivity index (χ4v) is 7.52. The van der Waals surface area contributed by atoms with Crippen LogP contribution in [0.2, 0.25) is 0 Å². The highest BCUT2D eigenvalue weighted by Crippen LogP contribution is 2.34. The van der Waals surface area contributed by atoms with Crippen molar-refractivity contribution in [1.82, 2.24) is 18.4 Å². The topological polar surface area (TPSA) is 89.7 Å². The van der Waals surface area contributed by atoms with Crippen LogP contribution in [-0.2, 0) is 14.8 Å². The van der Waals surface area contributed by atoms with Gasteiger partial charge >= 0.3 is 0 Å². The SMILES string of the molecule is Cc1ccc(S(=O)(=O)n2cc(-c3ccn(C(CN(C)C)c4cccc(I)c4)c(=O)c3)c3cc(N4CCOCC4)cnc32)cc1. The van der Waals surface area contributed by atoms with E-state index in [9.17, 15) is 13.2 Å². The first-order valence-corrected chi connectivity index (χ1v) is 16.9. The number of aryl methyl sites for hydroxylation is 1. The molecule has 11 heteroatoms. The van der Waals surface area contributed by atoms with Crippen molar-refractivity contribution < 1.29 is 13.2 Å². The minimum absolute atomic E-state index is 0.171. The molecule has 3 aromatic heterocycles. The molecule has 9 nitrogen and oxygen atoms in total. The first-order chi connectivity index (χ1) is 21.1. The second kappa shape index (κ2) is 12.5. The molecule has 0 radical (unpaired) electrons. The number of ether oxygens (including phenoxy) is 1. The highest BCUT2D eigenvalue weighted by Gasteiger charge is 2.25. The summed E-state index contributed by atoms with van der Waals surface area (Å²) in [5, 5.41) is 0.657. The van der Waals surface area contributed by atoms with Gasteiger partial charge in [0.2, 0.25) is 0 Å². The fraction of sp³-hybridized carbons (Fsp3) is 0.273. The Balaban J connectivity index is 1.50. The molecule has 1 aliphatic heterocycles. The van der Waals surface area contributed by atoms with Gasteiger partial charge in [-0.3, -0.25) is 4.79 Å². The summed E-state index contributed by atoms with van der Waals surface area (Å²) < 4.78 is 37.4. The van der Waals surface area contributed by atoms with Crippen LogP contribution in [0.3, 0.4) is 0 Å². The van der Waals surface area contributed by atoms with Crippen molar-refractivity contribution in [2.24, 2.45) is 0 Å². The molecule has 4 heterocycles. The van der Waals surface area contributed by atoms with Gasteiger partial charge in [0.25, 0.3) is 15.6 Å². The molecular weight excluding hydrogens is 689 g/mol. The van der Waals surface area contributed by atoms with Gasteiger partial charge in [0, 0.05) is 52.6 Å². The lowest BCUT2D eigenvalue weighted by molar-refractivity contribution is 0.122. The number of benzene rings is 2. The Morgan fingerprint density at radius 1 is 1.02 bits per heavy atom. The number of pyridine rings is 2. The third-order valence-corrected chi connectivity index (χ3v) is 10.3. The minimum atomic E-state index is -3.96. The summed E-state index contributed by atoms with van der Waals surface area (Å²) in [6.45, 7) is 5.21. The van der Waals surface area contributed by atoms with Crippen LogP contribution in [0.4, 0.5) is 5.69 Å². The van der Waals surface area contributed by atoms with E-state index in [4.69, 9.17) is 4.74 Å². The first kappa shape index (κ1) is 30.5. The Hall–Kier alpha value is -3.52. The van der Waals surface area contributed by atoms with Gasteiger partial charge in [-0.2, -0.15) is 0 Å². The van der Waals surface area contributed by atoms with Crippen LogP contribution in [0.5, 0.6) is 0 Å². The standard InChI is InChI=1S/C33H34IN5O4S/c1-23-7-9-28(10-8-23)44(41,42)39-21-30(29-19-27(20-35-33(29)39)37-13-15-43-16-14-37)24-11-12-38(32(40)18-24)31(22-36(2)3)25-5-4-6-26(34)17-25/h4-12,17-21,31H,13-16,22H2,1-3H3. The Kier molecular flexibility index (Phi) is 8.64. The number of fused-ring (bicyclic) bond motifs is 1. The number of likely N-dealkylation sites (N-methyl/N-ethyl adjacent to an activating group) is 1. The van der Waals surface area contributed by atoms with E-state index in [1.54, 1.807) is 47.3 Å². The normalized spacial score (nSPS) is 14.8. The molecule has 0 N–H and O–H groups in total. The van der Waals surface area contributed by atoms with Crippen LogP contribution in [0, 0.1) is 10.5 Å². The van der Waals surface area contributed by atoms with Crippen LogP contribution in [0.25, 0.3) is 22.2 Å². The van der Waals surface area contributed by atoms with E-state index in [1.165, 1.54) is 3.97 Å². The molecule has 1 aliphatic rings. The molecule has 228 valence electrons. The molecule has 0 aliphatic carbocycles. The van der Waals surface area contributed by atoms with Crippen LogP contribution in [0.1, 0.15) is 17.2 Å². The Bertz CT molecular complexity index is 1980. The Morgan fingerprint density at radius 3 is 2.45 bits per heavy atom. The van der Waals surface area contributed by atoms with Crippen LogP contribution < -0.4 is 10.5 Å². The van der Waals surface area contributed by atoms with Gasteiger partial charge in [0.15, 0.2) is 5.65 Å². The van der Waals surface area contributed by atoms with Gasteiger partial charge < -0.3 is 19.1 Å². The third-order valence-electron chi connectivity index (χ3n) is 7.92. The van der Waals surface area contributed by atoms with Crippen molar-refractivity contribution in [3.8, 4) is 11.1 Å². The Labute approximate surface area is 270 Å². The minimum Gasteiger partial charge on any atom is -0.378 e. The van der Waals surface area contributed by atoms with Crippen molar-refractivity contribution in [3.63, 3.8) is 0 Å². The molecule has 1 atom stereocenters. The monoisotopic (exact) mass is 723 g/mol. The summed E-state index contributed by atoms with van der Waals surface area (Å²) in [5.74, 6) is 0. The van der Waals surface area contributed by atoms with E-state index < -0.39 is 10.0 Å². The number of anilines is 1. The van der Waals surface area contributed by atoms with E-state index in [1.807, 2.05) is 57.5 Å². The van der Waals surface area contributed by atoms with E-state index in [0.29, 0.717) is 55.0 Å². The smallest absolute Gasteiger partial charge is 0.269 e. The summed E-state index contributed by atoms with van der Waals surface area (Å²) in [4.78, 5) is 22.9. The summed E-state index contributed by atoms with van der Waals surface area (Å²) in [6, 6.07) is 20.2. The van der Waals surface area contributed by atoms with Crippen LogP contribution >= 0.6 is 22.6 Å². The molecule has 6 rings (SSSR count). The number of aromatic nitrogens is 3.